The molecule has 17 heavy (non-hydrogen) atoms. The highest BCUT2D eigenvalue weighted by atomic mass is 16.7. The van der Waals surface area contributed by atoms with Gasteiger partial charge in [0.2, 0.25) is 0 Å². The quantitative estimate of drug-likeness (QED) is 0.719. The van der Waals surface area contributed by atoms with Crippen LogP contribution in [0.3, 0.4) is 0 Å². The minimum atomic E-state index is -0.427. The number of aromatic nitrogens is 3. The first kappa shape index (κ1) is 12.0. The second kappa shape index (κ2) is 4.42. The molecule has 0 aromatic carbocycles. The average Bonchev–Trinajstić information content (AvgIpc) is 2.59. The van der Waals surface area contributed by atoms with Gasteiger partial charge in [-0.2, -0.15) is 0 Å². The Morgan fingerprint density at radius 2 is 2.29 bits per heavy atom. The van der Waals surface area contributed by atoms with Gasteiger partial charge in [0.05, 0.1) is 17.8 Å². The zero-order valence-electron chi connectivity index (χ0n) is 10.2. The summed E-state index contributed by atoms with van der Waals surface area (Å²) in [6, 6.07) is 0.299. The molecule has 0 unspecified atom stereocenters. The third-order valence-electron chi connectivity index (χ3n) is 2.33. The van der Waals surface area contributed by atoms with Gasteiger partial charge in [-0.15, -0.1) is 5.10 Å². The van der Waals surface area contributed by atoms with Gasteiger partial charge in [0.25, 0.3) is 5.91 Å². The number of carbonyl (C=O) groups is 1. The van der Waals surface area contributed by atoms with Crippen LogP contribution in [-0.2, 0) is 4.84 Å². The van der Waals surface area contributed by atoms with Crippen LogP contribution >= 0.6 is 0 Å². The van der Waals surface area contributed by atoms with Crippen LogP contribution in [0.25, 0.3) is 0 Å². The molecule has 0 spiro atoms. The molecule has 0 bridgehead atoms. The molecule has 1 aromatic heterocycles. The third-order valence-corrected chi connectivity index (χ3v) is 2.33. The molecular formula is C10H17N5O2. The molecule has 94 valence electrons. The molecule has 1 fully saturated rings. The van der Waals surface area contributed by atoms with E-state index in [0.717, 1.165) is 13.1 Å². The Morgan fingerprint density at radius 3 is 2.82 bits per heavy atom. The number of hydrogen-bond acceptors (Lipinski definition) is 5. The predicted molar refractivity (Wildman–Crippen MR) is 60.2 cm³/mol. The smallest absolute Gasteiger partial charge is 0.297 e. The number of rotatable bonds is 3. The molecule has 0 saturated carbocycles. The number of amides is 1. The molecule has 0 atom stereocenters. The van der Waals surface area contributed by atoms with Crippen molar-refractivity contribution in [2.45, 2.75) is 32.4 Å². The van der Waals surface area contributed by atoms with Crippen LogP contribution in [0, 0.1) is 0 Å². The Labute approximate surface area is 99.5 Å². The van der Waals surface area contributed by atoms with Crippen LogP contribution in [0.5, 0.6) is 0 Å². The lowest BCUT2D eigenvalue weighted by Gasteiger charge is -2.26. The fourth-order valence-electron chi connectivity index (χ4n) is 1.27. The van der Waals surface area contributed by atoms with Gasteiger partial charge in [-0.05, 0) is 20.8 Å². The van der Waals surface area contributed by atoms with Crippen molar-refractivity contribution in [1.29, 1.82) is 0 Å². The van der Waals surface area contributed by atoms with Crippen LogP contribution < -0.4 is 10.8 Å². The summed E-state index contributed by atoms with van der Waals surface area (Å²) in [5, 5.41) is 10.9. The topological polar surface area (TPSA) is 81.1 Å². The van der Waals surface area contributed by atoms with Crippen molar-refractivity contribution < 1.29 is 9.63 Å². The number of carbonyl (C=O) groups excluding carboxylic acids is 1. The van der Waals surface area contributed by atoms with E-state index in [0.29, 0.717) is 6.04 Å². The van der Waals surface area contributed by atoms with Gasteiger partial charge in [0.15, 0.2) is 5.69 Å². The van der Waals surface area contributed by atoms with Gasteiger partial charge in [-0.3, -0.25) is 9.63 Å². The summed E-state index contributed by atoms with van der Waals surface area (Å²) >= 11 is 0. The highest BCUT2D eigenvalue weighted by molar-refractivity contribution is 5.91. The van der Waals surface area contributed by atoms with Crippen molar-refractivity contribution in [3.05, 3.63) is 11.9 Å². The second-order valence-electron chi connectivity index (χ2n) is 5.04. The molecule has 0 radical (unpaired) electrons. The Balaban J connectivity index is 1.92. The minimum absolute atomic E-state index is 0.265. The molecular weight excluding hydrogens is 222 g/mol. The average molecular weight is 239 g/mol. The van der Waals surface area contributed by atoms with Crippen molar-refractivity contribution in [2.24, 2.45) is 0 Å². The summed E-state index contributed by atoms with van der Waals surface area (Å²) in [5.74, 6) is -0.376. The van der Waals surface area contributed by atoms with Gasteiger partial charge in [0.1, 0.15) is 0 Å². The first-order chi connectivity index (χ1) is 7.96. The Morgan fingerprint density at radius 1 is 1.59 bits per heavy atom. The van der Waals surface area contributed by atoms with Gasteiger partial charge in [-0.25, -0.2) is 10.2 Å². The normalized spacial score (nSPS) is 16.6. The lowest BCUT2D eigenvalue weighted by atomic mass is 10.2. The summed E-state index contributed by atoms with van der Waals surface area (Å²) in [5.41, 5.74) is 2.19. The Bertz CT molecular complexity index is 405. The maximum atomic E-state index is 11.7. The SMILES string of the molecule is CC(C)(C)ONC(=O)c1cn(C2CNC2)nn1. The van der Waals surface area contributed by atoms with Crippen LogP contribution in [0.4, 0.5) is 0 Å². The maximum Gasteiger partial charge on any atom is 0.297 e. The molecule has 2 heterocycles. The molecule has 1 saturated heterocycles. The van der Waals surface area contributed by atoms with E-state index >= 15 is 0 Å². The van der Waals surface area contributed by atoms with E-state index in [2.05, 4.69) is 21.1 Å². The lowest BCUT2D eigenvalue weighted by Crippen LogP contribution is -2.43. The van der Waals surface area contributed by atoms with Gasteiger partial charge in [0, 0.05) is 13.1 Å². The molecule has 7 nitrogen and oxygen atoms in total. The van der Waals surface area contributed by atoms with Crippen LogP contribution in [-0.4, -0.2) is 39.6 Å². The molecule has 2 N–H and O–H groups in total. The van der Waals surface area contributed by atoms with Gasteiger partial charge >= 0.3 is 0 Å². The molecule has 1 aromatic rings. The third kappa shape index (κ3) is 3.01. The standard InChI is InChI=1S/C10H17N5O2/c1-10(2,3)17-13-9(16)8-6-15(14-12-8)7-4-11-5-7/h6-7,11H,4-5H2,1-3H3,(H,13,16). The van der Waals surface area contributed by atoms with Crippen molar-refractivity contribution in [3.8, 4) is 0 Å². The van der Waals surface area contributed by atoms with Crippen molar-refractivity contribution >= 4 is 5.91 Å². The summed E-state index contributed by atoms with van der Waals surface area (Å²) in [4.78, 5) is 16.8. The molecule has 0 aliphatic carbocycles. The van der Waals surface area contributed by atoms with E-state index in [1.807, 2.05) is 20.8 Å². The highest BCUT2D eigenvalue weighted by Crippen LogP contribution is 2.10. The van der Waals surface area contributed by atoms with Crippen molar-refractivity contribution in [2.75, 3.05) is 13.1 Å². The second-order valence-corrected chi connectivity index (χ2v) is 5.04. The molecule has 1 amide bonds. The van der Waals surface area contributed by atoms with E-state index in [1.54, 1.807) is 10.9 Å². The van der Waals surface area contributed by atoms with Gasteiger partial charge in [-0.1, -0.05) is 5.21 Å². The van der Waals surface area contributed by atoms with Crippen LogP contribution in [0.15, 0.2) is 6.20 Å². The molecule has 7 heteroatoms. The number of nitrogens with one attached hydrogen (secondary N) is 2. The van der Waals surface area contributed by atoms with E-state index < -0.39 is 5.60 Å². The van der Waals surface area contributed by atoms with Crippen molar-refractivity contribution in [3.63, 3.8) is 0 Å². The Hall–Kier alpha value is -1.47. The highest BCUT2D eigenvalue weighted by Gasteiger charge is 2.22. The molecule has 2 rings (SSSR count). The largest absolute Gasteiger partial charge is 0.312 e. The van der Waals surface area contributed by atoms with Crippen LogP contribution in [0.2, 0.25) is 0 Å². The van der Waals surface area contributed by atoms with E-state index in [9.17, 15) is 4.79 Å². The summed E-state index contributed by atoms with van der Waals surface area (Å²) in [7, 11) is 0. The fourth-order valence-corrected chi connectivity index (χ4v) is 1.27. The first-order valence-corrected chi connectivity index (χ1v) is 5.56. The first-order valence-electron chi connectivity index (χ1n) is 5.56. The predicted octanol–water partition coefficient (Wildman–Crippen LogP) is -0.118. The number of hydroxylamine groups is 1. The number of nitrogens with zero attached hydrogens (tertiary/aromatic N) is 3. The lowest BCUT2D eigenvalue weighted by molar-refractivity contribution is -0.0591. The maximum absolute atomic E-state index is 11.7. The van der Waals surface area contributed by atoms with Crippen molar-refractivity contribution in [1.82, 2.24) is 25.8 Å². The minimum Gasteiger partial charge on any atom is -0.312 e. The fraction of sp³-hybridized carbons (Fsp3) is 0.700. The van der Waals surface area contributed by atoms with E-state index in [1.165, 1.54) is 0 Å². The van der Waals surface area contributed by atoms with Gasteiger partial charge < -0.3 is 5.32 Å². The summed E-state index contributed by atoms with van der Waals surface area (Å²) < 4.78 is 1.70. The Kier molecular flexibility index (Phi) is 3.12. The zero-order valence-corrected chi connectivity index (χ0v) is 10.2. The monoisotopic (exact) mass is 239 g/mol. The molecule has 1 aliphatic heterocycles. The summed E-state index contributed by atoms with van der Waals surface area (Å²) in [6.07, 6.45) is 1.63. The zero-order chi connectivity index (χ0) is 12.5. The number of hydrogen-bond donors (Lipinski definition) is 2. The van der Waals surface area contributed by atoms with E-state index in [4.69, 9.17) is 4.84 Å². The molecule has 1 aliphatic rings. The van der Waals surface area contributed by atoms with Crippen LogP contribution in [0.1, 0.15) is 37.3 Å². The summed E-state index contributed by atoms with van der Waals surface area (Å²) in [6.45, 7) is 7.28. The van der Waals surface area contributed by atoms with E-state index in [-0.39, 0.29) is 11.6 Å².